The van der Waals surface area contributed by atoms with Crippen molar-refractivity contribution >= 4 is 5.96 Å². The largest absolute Gasteiger partial charge is 0.492 e. The van der Waals surface area contributed by atoms with Gasteiger partial charge in [0.1, 0.15) is 12.4 Å². The van der Waals surface area contributed by atoms with Crippen molar-refractivity contribution < 1.29 is 4.74 Å². The number of nitrogens with zero attached hydrogens (tertiary/aromatic N) is 2. The fourth-order valence-electron chi connectivity index (χ4n) is 2.63. The van der Waals surface area contributed by atoms with E-state index in [1.165, 1.54) is 12.0 Å². The van der Waals surface area contributed by atoms with Crippen molar-refractivity contribution in [2.24, 2.45) is 4.99 Å². The van der Waals surface area contributed by atoms with Gasteiger partial charge >= 0.3 is 0 Å². The Bertz CT molecular complexity index is 483. The van der Waals surface area contributed by atoms with Gasteiger partial charge < -0.3 is 20.3 Å². The van der Waals surface area contributed by atoms with E-state index in [4.69, 9.17) is 4.74 Å². The summed E-state index contributed by atoms with van der Waals surface area (Å²) in [5, 5.41) is 6.75. The first-order valence-electron chi connectivity index (χ1n) is 9.48. The molecule has 2 N–H and O–H groups in total. The topological polar surface area (TPSA) is 48.9 Å². The lowest BCUT2D eigenvalue weighted by Gasteiger charge is -2.21. The Morgan fingerprint density at radius 1 is 1.20 bits per heavy atom. The van der Waals surface area contributed by atoms with E-state index in [2.05, 4.69) is 60.4 Å². The number of ether oxygens (including phenoxy) is 1. The van der Waals surface area contributed by atoms with Crippen molar-refractivity contribution in [2.45, 2.75) is 46.6 Å². The van der Waals surface area contributed by atoms with Crippen LogP contribution in [0.1, 0.15) is 39.2 Å². The molecule has 1 unspecified atom stereocenters. The fraction of sp³-hybridized carbons (Fsp3) is 0.650. The van der Waals surface area contributed by atoms with Crippen molar-refractivity contribution in [1.82, 2.24) is 15.5 Å². The predicted octanol–water partition coefficient (Wildman–Crippen LogP) is 3.05. The van der Waals surface area contributed by atoms with Crippen LogP contribution < -0.4 is 15.4 Å². The highest BCUT2D eigenvalue weighted by atomic mass is 16.5. The first-order valence-corrected chi connectivity index (χ1v) is 9.48. The maximum absolute atomic E-state index is 5.73. The second kappa shape index (κ2) is 12.6. The highest BCUT2D eigenvalue weighted by Crippen LogP contribution is 2.10. The molecule has 0 saturated heterocycles. The number of rotatable bonds is 11. The Morgan fingerprint density at radius 2 is 1.88 bits per heavy atom. The van der Waals surface area contributed by atoms with Crippen LogP contribution in [0.15, 0.2) is 29.3 Å². The summed E-state index contributed by atoms with van der Waals surface area (Å²) in [7, 11) is 1.80. The lowest BCUT2D eigenvalue weighted by molar-refractivity contribution is 0.292. The highest BCUT2D eigenvalue weighted by molar-refractivity contribution is 5.79. The standard InChI is InChI=1S/C20H36N4O/c1-6-24(7-2)15-8-9-18(4)23-20(21-5)22-14-16-25-19-12-10-17(3)11-13-19/h10-13,18H,6-9,14-16H2,1-5H3,(H2,21,22,23). The summed E-state index contributed by atoms with van der Waals surface area (Å²) < 4.78 is 5.73. The van der Waals surface area contributed by atoms with Gasteiger partial charge in [-0.1, -0.05) is 31.5 Å². The molecule has 5 nitrogen and oxygen atoms in total. The molecule has 142 valence electrons. The summed E-state index contributed by atoms with van der Waals surface area (Å²) in [6, 6.07) is 8.52. The second-order valence-electron chi connectivity index (χ2n) is 6.38. The van der Waals surface area contributed by atoms with Crippen molar-refractivity contribution in [3.8, 4) is 5.75 Å². The van der Waals surface area contributed by atoms with Gasteiger partial charge in [0.25, 0.3) is 0 Å². The Hall–Kier alpha value is -1.75. The SMILES string of the molecule is CCN(CC)CCCC(C)NC(=NC)NCCOc1ccc(C)cc1. The molecule has 0 radical (unpaired) electrons. The van der Waals surface area contributed by atoms with E-state index in [-0.39, 0.29) is 0 Å². The molecule has 0 aliphatic carbocycles. The van der Waals surface area contributed by atoms with E-state index < -0.39 is 0 Å². The molecule has 1 aromatic carbocycles. The molecule has 0 aliphatic rings. The van der Waals surface area contributed by atoms with Gasteiger partial charge in [-0.3, -0.25) is 4.99 Å². The van der Waals surface area contributed by atoms with Crippen LogP contribution in [0.5, 0.6) is 5.75 Å². The minimum Gasteiger partial charge on any atom is -0.492 e. The zero-order chi connectivity index (χ0) is 18.5. The quantitative estimate of drug-likeness (QED) is 0.367. The number of nitrogens with one attached hydrogen (secondary N) is 2. The van der Waals surface area contributed by atoms with Gasteiger partial charge in [-0.2, -0.15) is 0 Å². The van der Waals surface area contributed by atoms with E-state index in [9.17, 15) is 0 Å². The van der Waals surface area contributed by atoms with Gasteiger partial charge in [-0.05, 0) is 58.5 Å². The summed E-state index contributed by atoms with van der Waals surface area (Å²) in [6.45, 7) is 13.5. The van der Waals surface area contributed by atoms with E-state index in [0.717, 1.165) is 44.3 Å². The molecule has 0 spiro atoms. The maximum atomic E-state index is 5.73. The van der Waals surface area contributed by atoms with Crippen LogP contribution in [0.3, 0.4) is 0 Å². The van der Waals surface area contributed by atoms with Gasteiger partial charge in [0.2, 0.25) is 0 Å². The van der Waals surface area contributed by atoms with E-state index >= 15 is 0 Å². The predicted molar refractivity (Wildman–Crippen MR) is 108 cm³/mol. The molecule has 0 saturated carbocycles. The van der Waals surface area contributed by atoms with Crippen LogP contribution >= 0.6 is 0 Å². The summed E-state index contributed by atoms with van der Waals surface area (Å²) in [6.07, 6.45) is 2.33. The maximum Gasteiger partial charge on any atom is 0.191 e. The molecule has 25 heavy (non-hydrogen) atoms. The molecule has 0 heterocycles. The third-order valence-corrected chi connectivity index (χ3v) is 4.30. The summed E-state index contributed by atoms with van der Waals surface area (Å²) in [5.74, 6) is 1.74. The lowest BCUT2D eigenvalue weighted by atomic mass is 10.2. The molecule has 0 fully saturated rings. The number of aliphatic imine (C=N–C) groups is 1. The van der Waals surface area contributed by atoms with E-state index in [1.54, 1.807) is 7.05 Å². The number of benzene rings is 1. The number of hydrogen-bond donors (Lipinski definition) is 2. The van der Waals surface area contributed by atoms with Crippen LogP contribution in [0.4, 0.5) is 0 Å². The zero-order valence-electron chi connectivity index (χ0n) is 16.6. The Labute approximate surface area is 153 Å². The number of hydrogen-bond acceptors (Lipinski definition) is 3. The normalized spacial score (nSPS) is 13.0. The Balaban J connectivity index is 2.19. The highest BCUT2D eigenvalue weighted by Gasteiger charge is 2.06. The molecule has 1 atom stereocenters. The van der Waals surface area contributed by atoms with Crippen LogP contribution in [0.2, 0.25) is 0 Å². The molecule has 0 bridgehead atoms. The third-order valence-electron chi connectivity index (χ3n) is 4.30. The van der Waals surface area contributed by atoms with Gasteiger partial charge in [0, 0.05) is 13.1 Å². The average molecular weight is 349 g/mol. The van der Waals surface area contributed by atoms with Crippen LogP contribution in [0.25, 0.3) is 0 Å². The van der Waals surface area contributed by atoms with Crippen molar-refractivity contribution in [3.05, 3.63) is 29.8 Å². The first kappa shape index (κ1) is 21.3. The average Bonchev–Trinajstić information content (AvgIpc) is 2.62. The fourth-order valence-corrected chi connectivity index (χ4v) is 2.63. The minimum absolute atomic E-state index is 0.403. The van der Waals surface area contributed by atoms with Crippen molar-refractivity contribution in [3.63, 3.8) is 0 Å². The molecule has 5 heteroatoms. The number of aryl methyl sites for hydroxylation is 1. The van der Waals surface area contributed by atoms with Crippen molar-refractivity contribution in [2.75, 3.05) is 39.8 Å². The summed E-state index contributed by atoms with van der Waals surface area (Å²) >= 11 is 0. The molecule has 0 aromatic heterocycles. The molecule has 1 aromatic rings. The second-order valence-corrected chi connectivity index (χ2v) is 6.38. The third kappa shape index (κ3) is 9.34. The molecular weight excluding hydrogens is 312 g/mol. The van der Waals surface area contributed by atoms with Gasteiger partial charge in [0.05, 0.1) is 6.54 Å². The Morgan fingerprint density at radius 3 is 2.48 bits per heavy atom. The van der Waals surface area contributed by atoms with Gasteiger partial charge in [-0.25, -0.2) is 0 Å². The molecule has 0 aliphatic heterocycles. The first-order chi connectivity index (χ1) is 12.1. The molecule has 1 rings (SSSR count). The smallest absolute Gasteiger partial charge is 0.191 e. The zero-order valence-corrected chi connectivity index (χ0v) is 16.6. The molecular formula is C20H36N4O. The Kier molecular flexibility index (Phi) is 10.7. The van der Waals surface area contributed by atoms with Crippen molar-refractivity contribution in [1.29, 1.82) is 0 Å². The summed E-state index contributed by atoms with van der Waals surface area (Å²) in [5.41, 5.74) is 1.24. The minimum atomic E-state index is 0.403. The van der Waals surface area contributed by atoms with Gasteiger partial charge in [-0.15, -0.1) is 0 Å². The monoisotopic (exact) mass is 348 g/mol. The lowest BCUT2D eigenvalue weighted by Crippen LogP contribution is -2.43. The summed E-state index contributed by atoms with van der Waals surface area (Å²) in [4.78, 5) is 6.75. The molecule has 0 amide bonds. The number of guanidine groups is 1. The van der Waals surface area contributed by atoms with Crippen LogP contribution in [-0.2, 0) is 0 Å². The van der Waals surface area contributed by atoms with Crippen LogP contribution in [-0.4, -0.2) is 56.7 Å². The van der Waals surface area contributed by atoms with Crippen LogP contribution in [0, 0.1) is 6.92 Å². The van der Waals surface area contributed by atoms with E-state index in [0.29, 0.717) is 12.6 Å². The van der Waals surface area contributed by atoms with Gasteiger partial charge in [0.15, 0.2) is 5.96 Å². The van der Waals surface area contributed by atoms with E-state index in [1.807, 2.05) is 12.1 Å².